The number of para-hydroxylation sites is 1. The third-order valence-corrected chi connectivity index (χ3v) is 3.54. The fourth-order valence-corrected chi connectivity index (χ4v) is 2.55. The summed E-state index contributed by atoms with van der Waals surface area (Å²) in [6, 6.07) is 12.6. The number of hydrogen-bond donors (Lipinski definition) is 2. The number of nitrogens with one attached hydrogen (secondary N) is 2. The molecule has 2 aromatic heterocycles. The Labute approximate surface area is 123 Å². The first-order chi connectivity index (χ1) is 10.3. The van der Waals surface area contributed by atoms with Crippen molar-refractivity contribution in [3.63, 3.8) is 0 Å². The van der Waals surface area contributed by atoms with Crippen molar-refractivity contribution in [3.05, 3.63) is 59.2 Å². The van der Waals surface area contributed by atoms with Gasteiger partial charge in [0.25, 0.3) is 0 Å². The molecule has 2 N–H and O–H groups in total. The highest BCUT2D eigenvalue weighted by molar-refractivity contribution is 5.40. The number of aromatic nitrogens is 5. The fraction of sp³-hybridized carbons (Fsp3) is 0.267. The Morgan fingerprint density at radius 3 is 2.67 bits per heavy atom. The highest BCUT2D eigenvalue weighted by atomic mass is 15.5. The van der Waals surface area contributed by atoms with Gasteiger partial charge < -0.3 is 9.88 Å². The maximum Gasteiger partial charge on any atom is 0.188 e. The molecule has 0 aliphatic heterocycles. The molecule has 0 amide bonds. The molecule has 6 nitrogen and oxygen atoms in total. The predicted molar refractivity (Wildman–Crippen MR) is 80.0 cm³/mol. The second-order valence-corrected chi connectivity index (χ2v) is 5.00. The zero-order valence-electron chi connectivity index (χ0n) is 12.2. The molecule has 0 atom stereocenters. The van der Waals surface area contributed by atoms with Gasteiger partial charge in [0.05, 0.1) is 6.54 Å². The van der Waals surface area contributed by atoms with Crippen LogP contribution in [0.25, 0.3) is 5.69 Å². The Kier molecular flexibility index (Phi) is 3.79. The lowest BCUT2D eigenvalue weighted by molar-refractivity contribution is 0.660. The van der Waals surface area contributed by atoms with Gasteiger partial charge in [-0.1, -0.05) is 23.4 Å². The molecule has 0 fully saturated rings. The minimum atomic E-state index is 0.603. The zero-order chi connectivity index (χ0) is 14.7. The van der Waals surface area contributed by atoms with Crippen molar-refractivity contribution in [3.8, 4) is 5.69 Å². The molecule has 0 spiro atoms. The average Bonchev–Trinajstić information content (AvgIpc) is 3.09. The first-order valence-corrected chi connectivity index (χ1v) is 6.92. The highest BCUT2D eigenvalue weighted by Gasteiger charge is 2.10. The number of aromatic amines is 1. The molecule has 108 valence electrons. The summed E-state index contributed by atoms with van der Waals surface area (Å²) in [7, 11) is 0. The second kappa shape index (κ2) is 5.88. The molecule has 0 aliphatic rings. The topological polar surface area (TPSA) is 71.4 Å². The van der Waals surface area contributed by atoms with Crippen LogP contribution in [0.5, 0.6) is 0 Å². The van der Waals surface area contributed by atoms with Gasteiger partial charge in [-0.3, -0.25) is 0 Å². The van der Waals surface area contributed by atoms with Crippen LogP contribution >= 0.6 is 0 Å². The maximum atomic E-state index is 3.93. The van der Waals surface area contributed by atoms with E-state index in [9.17, 15) is 0 Å². The molecular weight excluding hydrogens is 264 g/mol. The minimum Gasteiger partial charge on any atom is -0.318 e. The van der Waals surface area contributed by atoms with E-state index in [0.717, 1.165) is 6.54 Å². The Morgan fingerprint density at radius 2 is 1.95 bits per heavy atom. The maximum absolute atomic E-state index is 3.93. The molecule has 1 aromatic carbocycles. The van der Waals surface area contributed by atoms with Gasteiger partial charge >= 0.3 is 0 Å². The molecule has 3 rings (SSSR count). The molecule has 0 bridgehead atoms. The number of hydrogen-bond acceptors (Lipinski definition) is 4. The molecule has 21 heavy (non-hydrogen) atoms. The molecule has 0 aliphatic carbocycles. The van der Waals surface area contributed by atoms with Gasteiger partial charge in [0, 0.05) is 23.6 Å². The molecule has 0 saturated carbocycles. The summed E-state index contributed by atoms with van der Waals surface area (Å²) in [5, 5.41) is 17.2. The lowest BCUT2D eigenvalue weighted by atomic mass is 10.2. The monoisotopic (exact) mass is 282 g/mol. The standard InChI is InChI=1S/C15H18N6/c1-11-8-13(9-16-10-15-17-19-20-18-15)12(2)21(11)14-6-4-3-5-7-14/h3-8,16H,9-10H2,1-2H3,(H,17,18,19,20). The lowest BCUT2D eigenvalue weighted by Gasteiger charge is -2.10. The van der Waals surface area contributed by atoms with E-state index in [1.165, 1.54) is 22.6 Å². The van der Waals surface area contributed by atoms with Crippen molar-refractivity contribution in [2.75, 3.05) is 0 Å². The van der Waals surface area contributed by atoms with Crippen LogP contribution in [0.4, 0.5) is 0 Å². The van der Waals surface area contributed by atoms with Crippen LogP contribution in [-0.2, 0) is 13.1 Å². The lowest BCUT2D eigenvalue weighted by Crippen LogP contribution is -2.14. The van der Waals surface area contributed by atoms with Gasteiger partial charge in [-0.05, 0) is 37.6 Å². The third-order valence-electron chi connectivity index (χ3n) is 3.54. The van der Waals surface area contributed by atoms with Gasteiger partial charge in [0.15, 0.2) is 5.82 Å². The normalized spacial score (nSPS) is 11.0. The predicted octanol–water partition coefficient (Wildman–Crippen LogP) is 1.90. The van der Waals surface area contributed by atoms with Crippen molar-refractivity contribution >= 4 is 0 Å². The first kappa shape index (κ1) is 13.5. The van der Waals surface area contributed by atoms with Gasteiger partial charge in [0.2, 0.25) is 0 Å². The molecule has 3 aromatic rings. The van der Waals surface area contributed by atoms with E-state index in [1.54, 1.807) is 0 Å². The molecular formula is C15H18N6. The number of benzene rings is 1. The van der Waals surface area contributed by atoms with Crippen LogP contribution in [0.15, 0.2) is 36.4 Å². The summed E-state index contributed by atoms with van der Waals surface area (Å²) in [6.07, 6.45) is 0. The Hall–Kier alpha value is -2.47. The summed E-state index contributed by atoms with van der Waals surface area (Å²) < 4.78 is 2.27. The Bertz CT molecular complexity index is 699. The smallest absolute Gasteiger partial charge is 0.188 e. The van der Waals surface area contributed by atoms with Crippen molar-refractivity contribution in [1.29, 1.82) is 0 Å². The van der Waals surface area contributed by atoms with Crippen LogP contribution in [0, 0.1) is 13.8 Å². The van der Waals surface area contributed by atoms with Crippen LogP contribution in [-0.4, -0.2) is 25.2 Å². The van der Waals surface area contributed by atoms with E-state index >= 15 is 0 Å². The van der Waals surface area contributed by atoms with Gasteiger partial charge in [-0.15, -0.1) is 10.2 Å². The molecule has 6 heteroatoms. The van der Waals surface area contributed by atoms with Crippen molar-refractivity contribution < 1.29 is 0 Å². The molecule has 0 radical (unpaired) electrons. The SMILES string of the molecule is Cc1cc(CNCc2nn[nH]n2)c(C)n1-c1ccccc1. The highest BCUT2D eigenvalue weighted by Crippen LogP contribution is 2.20. The van der Waals surface area contributed by atoms with E-state index in [0.29, 0.717) is 12.4 Å². The van der Waals surface area contributed by atoms with Crippen LogP contribution in [0.2, 0.25) is 0 Å². The van der Waals surface area contributed by atoms with Crippen molar-refractivity contribution in [2.24, 2.45) is 0 Å². The van der Waals surface area contributed by atoms with E-state index in [-0.39, 0.29) is 0 Å². The average molecular weight is 282 g/mol. The molecule has 0 unspecified atom stereocenters. The van der Waals surface area contributed by atoms with Gasteiger partial charge in [0.1, 0.15) is 0 Å². The Morgan fingerprint density at radius 1 is 1.14 bits per heavy atom. The van der Waals surface area contributed by atoms with Crippen molar-refractivity contribution in [1.82, 2.24) is 30.5 Å². The van der Waals surface area contributed by atoms with Crippen LogP contribution < -0.4 is 5.32 Å². The van der Waals surface area contributed by atoms with Crippen LogP contribution in [0.3, 0.4) is 0 Å². The summed E-state index contributed by atoms with van der Waals surface area (Å²) in [4.78, 5) is 0. The quantitative estimate of drug-likeness (QED) is 0.749. The van der Waals surface area contributed by atoms with Gasteiger partial charge in [-0.2, -0.15) is 5.21 Å². The summed E-state index contributed by atoms with van der Waals surface area (Å²) in [5.41, 5.74) is 4.95. The van der Waals surface area contributed by atoms with E-state index in [4.69, 9.17) is 0 Å². The van der Waals surface area contributed by atoms with E-state index in [2.05, 4.69) is 74.7 Å². The largest absolute Gasteiger partial charge is 0.318 e. The second-order valence-electron chi connectivity index (χ2n) is 5.00. The minimum absolute atomic E-state index is 0.603. The summed E-state index contributed by atoms with van der Waals surface area (Å²) >= 11 is 0. The number of aryl methyl sites for hydroxylation is 1. The number of rotatable bonds is 5. The number of H-pyrrole nitrogens is 1. The van der Waals surface area contributed by atoms with E-state index in [1.807, 2.05) is 6.07 Å². The summed E-state index contributed by atoms with van der Waals surface area (Å²) in [6.45, 7) is 5.65. The van der Waals surface area contributed by atoms with Gasteiger partial charge in [-0.25, -0.2) is 0 Å². The van der Waals surface area contributed by atoms with Crippen LogP contribution in [0.1, 0.15) is 22.8 Å². The fourth-order valence-electron chi connectivity index (χ4n) is 2.55. The zero-order valence-corrected chi connectivity index (χ0v) is 12.2. The van der Waals surface area contributed by atoms with E-state index < -0.39 is 0 Å². The molecule has 0 saturated heterocycles. The molecule has 2 heterocycles. The Balaban J connectivity index is 1.75. The third kappa shape index (κ3) is 2.85. The van der Waals surface area contributed by atoms with Crippen molar-refractivity contribution in [2.45, 2.75) is 26.9 Å². The summed E-state index contributed by atoms with van der Waals surface area (Å²) in [5.74, 6) is 0.673. The first-order valence-electron chi connectivity index (χ1n) is 6.92. The number of tetrazole rings is 1. The number of nitrogens with zero attached hydrogens (tertiary/aromatic N) is 4.